The quantitative estimate of drug-likeness (QED) is 0.784. The van der Waals surface area contributed by atoms with E-state index in [1.54, 1.807) is 0 Å². The second kappa shape index (κ2) is 6.64. The molecule has 2 heterocycles. The molecule has 0 amide bonds. The number of likely N-dealkylation sites (tertiary alicyclic amines) is 1. The smallest absolute Gasteiger partial charge is 0.169 e. The number of piperidine rings is 1. The molecule has 4 heteroatoms. The van der Waals surface area contributed by atoms with Crippen molar-refractivity contribution in [3.8, 4) is 0 Å². The molecule has 1 aliphatic heterocycles. The van der Waals surface area contributed by atoms with Gasteiger partial charge in [-0.25, -0.2) is 4.98 Å². The van der Waals surface area contributed by atoms with E-state index in [1.165, 1.54) is 49.6 Å². The Kier molecular flexibility index (Phi) is 4.63. The highest BCUT2D eigenvalue weighted by atomic mass is 32.2. The van der Waals surface area contributed by atoms with Gasteiger partial charge in [-0.1, -0.05) is 30.3 Å². The summed E-state index contributed by atoms with van der Waals surface area (Å²) < 4.78 is 2.33. The molecule has 1 fully saturated rings. The molecule has 3 nitrogen and oxygen atoms in total. The molecule has 1 aromatic heterocycles. The average molecular weight is 289 g/mol. The lowest BCUT2D eigenvalue weighted by atomic mass is 10.1. The van der Waals surface area contributed by atoms with Gasteiger partial charge < -0.3 is 9.47 Å². The maximum Gasteiger partial charge on any atom is 0.169 e. The Labute approximate surface area is 125 Å². The molecule has 0 aliphatic carbocycles. The number of thioether (sulfide) groups is 1. The summed E-state index contributed by atoms with van der Waals surface area (Å²) in [6.07, 6.45) is 4.16. The normalized spacial score (nSPS) is 16.9. The van der Waals surface area contributed by atoms with Crippen LogP contribution in [0, 0.1) is 0 Å². The van der Waals surface area contributed by atoms with Gasteiger partial charge >= 0.3 is 0 Å². The van der Waals surface area contributed by atoms with Crippen molar-refractivity contribution in [2.24, 2.45) is 0 Å². The van der Waals surface area contributed by atoms with Crippen LogP contribution in [0.4, 0.5) is 0 Å². The monoisotopic (exact) mass is 289 g/mol. The minimum Gasteiger partial charge on any atom is -0.319 e. The molecule has 0 saturated carbocycles. The molecule has 1 aromatic carbocycles. The number of fused-ring (bicyclic) bond motifs is 1. The first-order chi connectivity index (χ1) is 9.88. The Morgan fingerprint density at radius 1 is 1.15 bits per heavy atom. The highest BCUT2D eigenvalue weighted by Crippen LogP contribution is 2.24. The molecule has 0 atom stereocenters. The molecule has 0 spiro atoms. The molecule has 1 aliphatic rings. The van der Waals surface area contributed by atoms with Gasteiger partial charge in [0.05, 0.1) is 11.0 Å². The van der Waals surface area contributed by atoms with E-state index in [2.05, 4.69) is 40.7 Å². The molecule has 108 valence electrons. The fraction of sp³-hybridized carbons (Fsp3) is 0.562. The first-order valence-corrected chi connectivity index (χ1v) is 8.67. The molecule has 0 N–H and O–H groups in total. The zero-order chi connectivity index (χ0) is 13.8. The van der Waals surface area contributed by atoms with E-state index in [9.17, 15) is 0 Å². The van der Waals surface area contributed by atoms with Crippen LogP contribution in [0.5, 0.6) is 0 Å². The Hall–Kier alpha value is -1.00. The summed E-state index contributed by atoms with van der Waals surface area (Å²) in [5, 5.41) is 1.17. The average Bonchev–Trinajstić information content (AvgIpc) is 2.86. The number of aryl methyl sites for hydroxylation is 1. The summed E-state index contributed by atoms with van der Waals surface area (Å²) in [6, 6.07) is 8.44. The molecule has 0 radical (unpaired) electrons. The van der Waals surface area contributed by atoms with Gasteiger partial charge in [0.2, 0.25) is 0 Å². The summed E-state index contributed by atoms with van der Waals surface area (Å²) in [6.45, 7) is 6.95. The van der Waals surface area contributed by atoms with Gasteiger partial charge in [0.1, 0.15) is 0 Å². The van der Waals surface area contributed by atoms with Gasteiger partial charge in [-0.05, 0) is 45.0 Å². The van der Waals surface area contributed by atoms with E-state index in [0.717, 1.165) is 17.8 Å². The van der Waals surface area contributed by atoms with Crippen molar-refractivity contribution in [1.82, 2.24) is 14.5 Å². The van der Waals surface area contributed by atoms with Crippen LogP contribution in [0.1, 0.15) is 26.2 Å². The van der Waals surface area contributed by atoms with Crippen LogP contribution in [0.2, 0.25) is 0 Å². The van der Waals surface area contributed by atoms with Crippen LogP contribution in [0.15, 0.2) is 29.4 Å². The number of rotatable bonds is 5. The van der Waals surface area contributed by atoms with Crippen LogP contribution in [-0.4, -0.2) is 39.8 Å². The predicted octanol–water partition coefficient (Wildman–Crippen LogP) is 3.63. The Morgan fingerprint density at radius 2 is 1.95 bits per heavy atom. The van der Waals surface area contributed by atoms with Gasteiger partial charge in [0, 0.05) is 18.8 Å². The van der Waals surface area contributed by atoms with Crippen molar-refractivity contribution in [1.29, 1.82) is 0 Å². The van der Waals surface area contributed by atoms with E-state index >= 15 is 0 Å². The van der Waals surface area contributed by atoms with Crippen LogP contribution in [0.25, 0.3) is 11.0 Å². The summed E-state index contributed by atoms with van der Waals surface area (Å²) in [5.41, 5.74) is 2.38. The number of benzene rings is 1. The van der Waals surface area contributed by atoms with Gasteiger partial charge in [0.25, 0.3) is 0 Å². The van der Waals surface area contributed by atoms with Crippen LogP contribution >= 0.6 is 11.8 Å². The number of nitrogens with zero attached hydrogens (tertiary/aromatic N) is 3. The fourth-order valence-corrected chi connectivity index (χ4v) is 4.00. The van der Waals surface area contributed by atoms with Gasteiger partial charge in [-0.15, -0.1) is 0 Å². The lowest BCUT2D eigenvalue weighted by Crippen LogP contribution is -2.31. The number of aromatic nitrogens is 2. The Morgan fingerprint density at radius 3 is 2.75 bits per heavy atom. The molecule has 0 unspecified atom stereocenters. The van der Waals surface area contributed by atoms with Crippen molar-refractivity contribution >= 4 is 22.8 Å². The van der Waals surface area contributed by atoms with E-state index in [1.807, 2.05) is 11.8 Å². The lowest BCUT2D eigenvalue weighted by molar-refractivity contribution is 0.242. The van der Waals surface area contributed by atoms with Gasteiger partial charge in [-0.2, -0.15) is 0 Å². The lowest BCUT2D eigenvalue weighted by Gasteiger charge is -2.25. The van der Waals surface area contributed by atoms with Crippen LogP contribution < -0.4 is 0 Å². The first kappa shape index (κ1) is 14.0. The van der Waals surface area contributed by atoms with E-state index < -0.39 is 0 Å². The first-order valence-electron chi connectivity index (χ1n) is 7.69. The van der Waals surface area contributed by atoms with Crippen molar-refractivity contribution in [2.75, 3.05) is 25.4 Å². The van der Waals surface area contributed by atoms with E-state index in [0.29, 0.717) is 0 Å². The third-order valence-electron chi connectivity index (χ3n) is 4.02. The molecule has 3 rings (SSSR count). The second-order valence-electron chi connectivity index (χ2n) is 5.38. The topological polar surface area (TPSA) is 21.1 Å². The van der Waals surface area contributed by atoms with Crippen molar-refractivity contribution < 1.29 is 0 Å². The maximum absolute atomic E-state index is 4.77. The summed E-state index contributed by atoms with van der Waals surface area (Å²) in [4.78, 5) is 7.37. The van der Waals surface area contributed by atoms with Crippen molar-refractivity contribution in [3.63, 3.8) is 0 Å². The Bertz CT molecular complexity index is 558. The highest BCUT2D eigenvalue weighted by molar-refractivity contribution is 7.99. The number of hydrogen-bond acceptors (Lipinski definition) is 3. The van der Waals surface area contributed by atoms with Gasteiger partial charge in [0.15, 0.2) is 5.16 Å². The third-order valence-corrected chi connectivity index (χ3v) is 4.98. The van der Waals surface area contributed by atoms with Gasteiger partial charge in [-0.3, -0.25) is 0 Å². The number of hydrogen-bond donors (Lipinski definition) is 0. The zero-order valence-electron chi connectivity index (χ0n) is 12.2. The molecular weight excluding hydrogens is 266 g/mol. The minimum absolute atomic E-state index is 0.993. The molecule has 0 bridgehead atoms. The third kappa shape index (κ3) is 3.01. The molecule has 2 aromatic rings. The van der Waals surface area contributed by atoms with Crippen molar-refractivity contribution in [2.45, 2.75) is 37.9 Å². The van der Waals surface area contributed by atoms with E-state index in [-0.39, 0.29) is 0 Å². The maximum atomic E-state index is 4.77. The Balaban J connectivity index is 1.64. The van der Waals surface area contributed by atoms with E-state index in [4.69, 9.17) is 4.98 Å². The number of imidazole rings is 1. The highest BCUT2D eigenvalue weighted by Gasteiger charge is 2.12. The minimum atomic E-state index is 0.993. The summed E-state index contributed by atoms with van der Waals surface area (Å²) in [5.74, 6) is 1.14. The molecule has 1 saturated heterocycles. The molecule has 20 heavy (non-hydrogen) atoms. The second-order valence-corrected chi connectivity index (χ2v) is 6.44. The number of para-hydroxylation sites is 2. The van der Waals surface area contributed by atoms with Crippen LogP contribution in [0.3, 0.4) is 0 Å². The zero-order valence-corrected chi connectivity index (χ0v) is 13.0. The fourth-order valence-electron chi connectivity index (χ4n) is 2.92. The predicted molar refractivity (Wildman–Crippen MR) is 86.4 cm³/mol. The summed E-state index contributed by atoms with van der Waals surface area (Å²) >= 11 is 1.90. The van der Waals surface area contributed by atoms with Crippen LogP contribution in [-0.2, 0) is 6.54 Å². The standard InChI is InChI=1S/C16H23N3S/c1-2-19-15-9-5-4-8-14(15)17-16(19)20-13-12-18-10-6-3-7-11-18/h4-5,8-9H,2-3,6-7,10-13H2,1H3. The largest absolute Gasteiger partial charge is 0.319 e. The summed E-state index contributed by atoms with van der Waals surface area (Å²) in [7, 11) is 0. The van der Waals surface area contributed by atoms with Crippen molar-refractivity contribution in [3.05, 3.63) is 24.3 Å². The SMILES string of the molecule is CCn1c(SCCN2CCCCC2)nc2ccccc21. The molecular formula is C16H23N3S.